The molecule has 0 N–H and O–H groups in total. The summed E-state index contributed by atoms with van der Waals surface area (Å²) in [5.41, 5.74) is 0.309. The van der Waals surface area contributed by atoms with Gasteiger partial charge in [0.2, 0.25) is 0 Å². The van der Waals surface area contributed by atoms with Crippen LogP contribution in [0, 0.1) is 0 Å². The first kappa shape index (κ1) is 12.9. The Balaban J connectivity index is 2.35. The maximum Gasteiger partial charge on any atom is 0.387 e. The van der Waals surface area contributed by atoms with E-state index in [0.717, 1.165) is 12.4 Å². The van der Waals surface area contributed by atoms with Gasteiger partial charge in [-0.15, -0.1) is 0 Å². The first-order chi connectivity index (χ1) is 9.08. The Hall–Kier alpha value is -2.51. The minimum Gasteiger partial charge on any atom is -0.432 e. The molecule has 0 fully saturated rings. The maximum atomic E-state index is 12.0. The molecule has 0 bridgehead atoms. The van der Waals surface area contributed by atoms with Gasteiger partial charge in [0.15, 0.2) is 17.4 Å². The predicted octanol–water partition coefficient (Wildman–Crippen LogP) is 1.74. The number of ether oxygens (including phenoxy) is 1. The summed E-state index contributed by atoms with van der Waals surface area (Å²) >= 11 is 0. The topological polar surface area (TPSA) is 77.9 Å². The SMILES string of the molecule is CC(=O)c1nccnc1-c1ncc(OC(F)F)cn1. The molecule has 0 radical (unpaired) electrons. The molecule has 2 aromatic rings. The smallest absolute Gasteiger partial charge is 0.387 e. The van der Waals surface area contributed by atoms with E-state index in [1.807, 2.05) is 0 Å². The van der Waals surface area contributed by atoms with E-state index in [4.69, 9.17) is 0 Å². The van der Waals surface area contributed by atoms with Crippen LogP contribution in [0.3, 0.4) is 0 Å². The van der Waals surface area contributed by atoms with Gasteiger partial charge in [0.05, 0.1) is 12.4 Å². The standard InChI is InChI=1S/C11H8F2N4O2/c1-6(18)8-9(15-3-2-14-8)10-16-4-7(5-17-10)19-11(12)13/h2-5,11H,1H3. The van der Waals surface area contributed by atoms with E-state index in [-0.39, 0.29) is 28.7 Å². The molecule has 6 nitrogen and oxygen atoms in total. The number of carbonyl (C=O) groups is 1. The molecule has 2 heterocycles. The Morgan fingerprint density at radius 2 is 1.79 bits per heavy atom. The molecule has 0 spiro atoms. The number of carbonyl (C=O) groups excluding carboxylic acids is 1. The van der Waals surface area contributed by atoms with Crippen LogP contribution in [0.1, 0.15) is 17.4 Å². The fourth-order valence-electron chi connectivity index (χ4n) is 1.36. The van der Waals surface area contributed by atoms with Gasteiger partial charge in [-0.2, -0.15) is 8.78 Å². The average Bonchev–Trinajstić information content (AvgIpc) is 2.39. The van der Waals surface area contributed by atoms with Crippen LogP contribution in [0.15, 0.2) is 24.8 Å². The predicted molar refractivity (Wildman–Crippen MR) is 59.7 cm³/mol. The monoisotopic (exact) mass is 266 g/mol. The molecule has 2 rings (SSSR count). The second kappa shape index (κ2) is 5.42. The van der Waals surface area contributed by atoms with Gasteiger partial charge in [0.1, 0.15) is 11.4 Å². The highest BCUT2D eigenvalue weighted by Gasteiger charge is 2.14. The van der Waals surface area contributed by atoms with E-state index in [1.54, 1.807) is 0 Å². The second-order valence-corrected chi connectivity index (χ2v) is 3.43. The zero-order chi connectivity index (χ0) is 13.8. The lowest BCUT2D eigenvalue weighted by molar-refractivity contribution is -0.0503. The minimum absolute atomic E-state index is 0.111. The second-order valence-electron chi connectivity index (χ2n) is 3.43. The van der Waals surface area contributed by atoms with Gasteiger partial charge in [0, 0.05) is 19.3 Å². The summed E-state index contributed by atoms with van der Waals surface area (Å²) in [6.07, 6.45) is 4.91. The van der Waals surface area contributed by atoms with E-state index in [2.05, 4.69) is 24.7 Å². The molecule has 0 aromatic carbocycles. The Morgan fingerprint density at radius 1 is 1.16 bits per heavy atom. The van der Waals surface area contributed by atoms with Crippen LogP contribution in [0.25, 0.3) is 11.5 Å². The molecule has 0 aliphatic carbocycles. The lowest BCUT2D eigenvalue weighted by atomic mass is 10.2. The summed E-state index contributed by atoms with van der Waals surface area (Å²) in [6, 6.07) is 0. The number of halogens is 2. The fourth-order valence-corrected chi connectivity index (χ4v) is 1.36. The van der Waals surface area contributed by atoms with Gasteiger partial charge in [0.25, 0.3) is 0 Å². The van der Waals surface area contributed by atoms with Crippen LogP contribution in [-0.2, 0) is 0 Å². The number of aromatic nitrogens is 4. The molecule has 98 valence electrons. The number of Topliss-reactive ketones (excluding diaryl/α,β-unsaturated/α-hetero) is 1. The van der Waals surface area contributed by atoms with E-state index in [0.29, 0.717) is 0 Å². The van der Waals surface area contributed by atoms with Gasteiger partial charge in [-0.25, -0.2) is 19.9 Å². The lowest BCUT2D eigenvalue weighted by Crippen LogP contribution is -2.06. The van der Waals surface area contributed by atoms with Crippen molar-refractivity contribution in [1.82, 2.24) is 19.9 Å². The number of nitrogens with zero attached hydrogens (tertiary/aromatic N) is 4. The van der Waals surface area contributed by atoms with Gasteiger partial charge < -0.3 is 4.74 Å². The molecule has 0 amide bonds. The zero-order valence-electron chi connectivity index (χ0n) is 9.75. The van der Waals surface area contributed by atoms with Crippen molar-refractivity contribution < 1.29 is 18.3 Å². The highest BCUT2D eigenvalue weighted by molar-refractivity contribution is 5.96. The third-order valence-electron chi connectivity index (χ3n) is 2.10. The normalized spacial score (nSPS) is 10.5. The number of hydrogen-bond acceptors (Lipinski definition) is 6. The van der Waals surface area contributed by atoms with E-state index < -0.39 is 6.61 Å². The maximum absolute atomic E-state index is 12.0. The van der Waals surface area contributed by atoms with Gasteiger partial charge in [-0.3, -0.25) is 4.79 Å². The lowest BCUT2D eigenvalue weighted by Gasteiger charge is -2.05. The molecule has 0 saturated carbocycles. The summed E-state index contributed by atoms with van der Waals surface area (Å²) in [5, 5.41) is 0. The quantitative estimate of drug-likeness (QED) is 0.784. The third-order valence-corrected chi connectivity index (χ3v) is 2.10. The van der Waals surface area contributed by atoms with Crippen molar-refractivity contribution in [2.24, 2.45) is 0 Å². The summed E-state index contributed by atoms with van der Waals surface area (Å²) in [7, 11) is 0. The van der Waals surface area contributed by atoms with Crippen LogP contribution in [0.5, 0.6) is 5.75 Å². The first-order valence-electron chi connectivity index (χ1n) is 5.17. The van der Waals surface area contributed by atoms with Gasteiger partial charge in [-0.1, -0.05) is 0 Å². The molecule has 0 aliphatic rings. The highest BCUT2D eigenvalue weighted by Crippen LogP contribution is 2.18. The third kappa shape index (κ3) is 3.03. The van der Waals surface area contributed by atoms with Crippen molar-refractivity contribution in [3.63, 3.8) is 0 Å². The molecule has 0 unspecified atom stereocenters. The summed E-state index contributed by atoms with van der Waals surface area (Å²) in [5.74, 6) is -0.355. The Labute approximate surface area is 106 Å². The molecule has 0 saturated heterocycles. The first-order valence-corrected chi connectivity index (χ1v) is 5.17. The van der Waals surface area contributed by atoms with Gasteiger partial charge >= 0.3 is 6.61 Å². The number of ketones is 1. The van der Waals surface area contributed by atoms with E-state index >= 15 is 0 Å². The molecule has 0 atom stereocenters. The molecule has 8 heteroatoms. The van der Waals surface area contributed by atoms with Crippen molar-refractivity contribution in [3.8, 4) is 17.3 Å². The van der Waals surface area contributed by atoms with Crippen LogP contribution in [0.4, 0.5) is 8.78 Å². The zero-order valence-corrected chi connectivity index (χ0v) is 9.75. The summed E-state index contributed by atoms with van der Waals surface area (Å²) < 4.78 is 28.1. The Bertz CT molecular complexity index is 590. The van der Waals surface area contributed by atoms with Crippen LogP contribution in [-0.4, -0.2) is 32.3 Å². The Morgan fingerprint density at radius 3 is 2.37 bits per heavy atom. The van der Waals surface area contributed by atoms with Crippen LogP contribution < -0.4 is 4.74 Å². The van der Waals surface area contributed by atoms with Crippen molar-refractivity contribution in [2.75, 3.05) is 0 Å². The van der Waals surface area contributed by atoms with Crippen molar-refractivity contribution in [2.45, 2.75) is 13.5 Å². The largest absolute Gasteiger partial charge is 0.432 e. The Kier molecular flexibility index (Phi) is 3.69. The average molecular weight is 266 g/mol. The van der Waals surface area contributed by atoms with E-state index in [1.165, 1.54) is 19.3 Å². The van der Waals surface area contributed by atoms with Gasteiger partial charge in [-0.05, 0) is 0 Å². The number of rotatable bonds is 4. The minimum atomic E-state index is -2.95. The number of hydrogen-bond donors (Lipinski definition) is 0. The van der Waals surface area contributed by atoms with Crippen molar-refractivity contribution in [1.29, 1.82) is 0 Å². The molecular formula is C11H8F2N4O2. The summed E-state index contributed by atoms with van der Waals surface area (Å²) in [4.78, 5) is 26.9. The molecular weight excluding hydrogens is 258 g/mol. The van der Waals surface area contributed by atoms with Crippen LogP contribution in [0.2, 0.25) is 0 Å². The van der Waals surface area contributed by atoms with E-state index in [9.17, 15) is 13.6 Å². The molecule has 0 aliphatic heterocycles. The highest BCUT2D eigenvalue weighted by atomic mass is 19.3. The van der Waals surface area contributed by atoms with Crippen LogP contribution >= 0.6 is 0 Å². The number of alkyl halides is 2. The van der Waals surface area contributed by atoms with Crippen molar-refractivity contribution in [3.05, 3.63) is 30.5 Å². The van der Waals surface area contributed by atoms with Crippen molar-refractivity contribution >= 4 is 5.78 Å². The molecule has 19 heavy (non-hydrogen) atoms. The fraction of sp³-hybridized carbons (Fsp3) is 0.182. The summed E-state index contributed by atoms with van der Waals surface area (Å²) in [6.45, 7) is -1.61. The molecule has 2 aromatic heterocycles.